The van der Waals surface area contributed by atoms with E-state index < -0.39 is 6.61 Å². The van der Waals surface area contributed by atoms with Crippen molar-refractivity contribution in [3.8, 4) is 23.0 Å². The minimum Gasteiger partial charge on any atom is -0.493 e. The van der Waals surface area contributed by atoms with Crippen LogP contribution in [0.25, 0.3) is 0 Å². The first-order chi connectivity index (χ1) is 14.4. The zero-order valence-corrected chi connectivity index (χ0v) is 18.6. The molecule has 0 fully saturated rings. The number of halogens is 3. The van der Waals surface area contributed by atoms with E-state index in [0.29, 0.717) is 46.7 Å². The second kappa shape index (κ2) is 11.6. The van der Waals surface area contributed by atoms with Gasteiger partial charge in [-0.3, -0.25) is 4.79 Å². The van der Waals surface area contributed by atoms with Crippen LogP contribution in [0.1, 0.15) is 29.3 Å². The van der Waals surface area contributed by atoms with Gasteiger partial charge in [0.15, 0.2) is 23.0 Å². The van der Waals surface area contributed by atoms with Gasteiger partial charge < -0.3 is 24.3 Å². The highest BCUT2D eigenvalue weighted by atomic mass is 79.9. The number of alkyl halides is 2. The third-order valence-corrected chi connectivity index (χ3v) is 4.67. The summed E-state index contributed by atoms with van der Waals surface area (Å²) < 4.78 is 46.2. The van der Waals surface area contributed by atoms with Gasteiger partial charge in [-0.05, 0) is 58.6 Å². The summed E-state index contributed by atoms with van der Waals surface area (Å²) >= 11 is 3.41. The molecule has 0 aliphatic rings. The highest BCUT2D eigenvalue weighted by Gasteiger charge is 2.16. The lowest BCUT2D eigenvalue weighted by molar-refractivity contribution is -0.0512. The Hall–Kier alpha value is -2.55. The number of carbonyl (C=O) groups is 1. The van der Waals surface area contributed by atoms with Gasteiger partial charge in [-0.2, -0.15) is 8.78 Å². The van der Waals surface area contributed by atoms with E-state index in [1.54, 1.807) is 24.3 Å². The molecule has 2 aromatic rings. The van der Waals surface area contributed by atoms with Gasteiger partial charge >= 0.3 is 6.61 Å². The Morgan fingerprint density at radius 2 is 1.83 bits per heavy atom. The van der Waals surface area contributed by atoms with Gasteiger partial charge in [0.25, 0.3) is 5.91 Å². The molecule has 0 aliphatic heterocycles. The van der Waals surface area contributed by atoms with E-state index in [1.807, 2.05) is 6.92 Å². The van der Waals surface area contributed by atoms with Crippen LogP contribution in [0.15, 0.2) is 34.8 Å². The van der Waals surface area contributed by atoms with E-state index in [9.17, 15) is 13.6 Å². The molecule has 164 valence electrons. The number of rotatable bonds is 11. The van der Waals surface area contributed by atoms with Crippen LogP contribution in [-0.2, 0) is 6.42 Å². The number of carbonyl (C=O) groups excluding carboxylic acids is 1. The molecule has 6 nitrogen and oxygen atoms in total. The summed E-state index contributed by atoms with van der Waals surface area (Å²) in [5, 5.41) is 2.80. The molecular formula is C21H24BrF2NO5. The highest BCUT2D eigenvalue weighted by molar-refractivity contribution is 9.10. The first-order valence-corrected chi connectivity index (χ1v) is 10.1. The predicted octanol–water partition coefficient (Wildman–Crippen LogP) is 4.83. The van der Waals surface area contributed by atoms with Gasteiger partial charge in [0.1, 0.15) is 0 Å². The fourth-order valence-corrected chi connectivity index (χ4v) is 3.24. The minimum atomic E-state index is -2.95. The Morgan fingerprint density at radius 1 is 1.10 bits per heavy atom. The van der Waals surface area contributed by atoms with E-state index in [-0.39, 0.29) is 17.4 Å². The third kappa shape index (κ3) is 6.48. The first kappa shape index (κ1) is 23.7. The zero-order chi connectivity index (χ0) is 22.1. The Labute approximate surface area is 182 Å². The highest BCUT2D eigenvalue weighted by Crippen LogP contribution is 2.36. The van der Waals surface area contributed by atoms with E-state index in [2.05, 4.69) is 26.0 Å². The molecule has 0 radical (unpaired) electrons. The van der Waals surface area contributed by atoms with Crippen molar-refractivity contribution < 1.29 is 32.5 Å². The monoisotopic (exact) mass is 487 g/mol. The normalized spacial score (nSPS) is 10.6. The van der Waals surface area contributed by atoms with Crippen molar-refractivity contribution in [2.45, 2.75) is 26.4 Å². The van der Waals surface area contributed by atoms with Gasteiger partial charge in [-0.25, -0.2) is 0 Å². The van der Waals surface area contributed by atoms with E-state index in [1.165, 1.54) is 20.3 Å². The minimum absolute atomic E-state index is 0.0485. The van der Waals surface area contributed by atoms with Crippen LogP contribution < -0.4 is 24.3 Å². The van der Waals surface area contributed by atoms with E-state index >= 15 is 0 Å². The lowest BCUT2D eigenvalue weighted by Crippen LogP contribution is -2.25. The Bertz CT molecular complexity index is 864. The fraction of sp³-hybridized carbons (Fsp3) is 0.381. The largest absolute Gasteiger partial charge is 0.493 e. The van der Waals surface area contributed by atoms with Crippen LogP contribution in [0, 0.1) is 0 Å². The summed E-state index contributed by atoms with van der Waals surface area (Å²) in [7, 11) is 2.88. The maximum atomic E-state index is 12.5. The van der Waals surface area contributed by atoms with Crippen LogP contribution in [0.4, 0.5) is 8.78 Å². The number of hydrogen-bond acceptors (Lipinski definition) is 5. The lowest BCUT2D eigenvalue weighted by atomic mass is 10.1. The molecule has 0 saturated heterocycles. The van der Waals surface area contributed by atoms with Crippen LogP contribution in [0.3, 0.4) is 0 Å². The summed E-state index contributed by atoms with van der Waals surface area (Å²) in [4.78, 5) is 12.5. The van der Waals surface area contributed by atoms with E-state index in [4.69, 9.17) is 14.2 Å². The van der Waals surface area contributed by atoms with Crippen molar-refractivity contribution in [1.29, 1.82) is 0 Å². The molecule has 30 heavy (non-hydrogen) atoms. The van der Waals surface area contributed by atoms with Crippen LogP contribution in [-0.4, -0.2) is 39.9 Å². The van der Waals surface area contributed by atoms with Crippen LogP contribution in [0.2, 0.25) is 0 Å². The SMILES string of the molecule is CCCOc1c(Br)cc(C(=O)NCCc2ccc(OC)c(OC(F)F)c2)cc1OC. The number of ether oxygens (including phenoxy) is 4. The van der Waals surface area contributed by atoms with Gasteiger partial charge in [0.05, 0.1) is 25.3 Å². The molecule has 9 heteroatoms. The summed E-state index contributed by atoms with van der Waals surface area (Å²) in [6.45, 7) is -0.132. The number of hydrogen-bond donors (Lipinski definition) is 1. The van der Waals surface area contributed by atoms with Crippen LogP contribution >= 0.6 is 15.9 Å². The molecular weight excluding hydrogens is 464 g/mol. The summed E-state index contributed by atoms with van der Waals surface area (Å²) in [6.07, 6.45) is 1.26. The molecule has 0 aromatic heterocycles. The quantitative estimate of drug-likeness (QED) is 0.491. The Kier molecular flexibility index (Phi) is 9.16. The number of methoxy groups -OCH3 is 2. The molecule has 2 aromatic carbocycles. The van der Waals surface area contributed by atoms with E-state index in [0.717, 1.165) is 6.42 Å². The topological polar surface area (TPSA) is 66.0 Å². The molecule has 0 unspecified atom stereocenters. The Balaban J connectivity index is 2.03. The molecule has 1 N–H and O–H groups in total. The summed E-state index contributed by atoms with van der Waals surface area (Å²) in [5.74, 6) is 0.860. The average molecular weight is 488 g/mol. The Morgan fingerprint density at radius 3 is 2.47 bits per heavy atom. The molecule has 0 saturated carbocycles. The second-order valence-corrected chi connectivity index (χ2v) is 7.06. The second-order valence-electron chi connectivity index (χ2n) is 6.21. The van der Waals surface area contributed by atoms with Crippen molar-refractivity contribution in [3.63, 3.8) is 0 Å². The first-order valence-electron chi connectivity index (χ1n) is 9.29. The summed E-state index contributed by atoms with van der Waals surface area (Å²) in [5.41, 5.74) is 1.12. The maximum absolute atomic E-state index is 12.5. The maximum Gasteiger partial charge on any atom is 0.387 e. The molecule has 2 rings (SSSR count). The standard InChI is InChI=1S/C21H24BrF2NO5/c1-4-9-29-19-15(22)11-14(12-18(19)28-3)20(26)25-8-7-13-5-6-16(27-2)17(10-13)30-21(23)24/h5-6,10-12,21H,4,7-9H2,1-3H3,(H,25,26). The lowest BCUT2D eigenvalue weighted by Gasteiger charge is -2.14. The third-order valence-electron chi connectivity index (χ3n) is 4.09. The smallest absolute Gasteiger partial charge is 0.387 e. The van der Waals surface area contributed by atoms with Gasteiger partial charge in [-0.1, -0.05) is 13.0 Å². The molecule has 0 spiro atoms. The van der Waals surface area contributed by atoms with Gasteiger partial charge in [0, 0.05) is 12.1 Å². The molecule has 0 aliphatic carbocycles. The van der Waals surface area contributed by atoms with Crippen molar-refractivity contribution in [2.75, 3.05) is 27.4 Å². The number of benzene rings is 2. The van der Waals surface area contributed by atoms with Crippen molar-refractivity contribution >= 4 is 21.8 Å². The predicted molar refractivity (Wildman–Crippen MR) is 112 cm³/mol. The van der Waals surface area contributed by atoms with Crippen molar-refractivity contribution in [1.82, 2.24) is 5.32 Å². The van der Waals surface area contributed by atoms with Gasteiger partial charge in [0.2, 0.25) is 0 Å². The number of nitrogens with one attached hydrogen (secondary N) is 1. The zero-order valence-electron chi connectivity index (χ0n) is 17.0. The molecule has 0 bridgehead atoms. The number of amides is 1. The van der Waals surface area contributed by atoms with Crippen LogP contribution in [0.5, 0.6) is 23.0 Å². The van der Waals surface area contributed by atoms with Crippen molar-refractivity contribution in [3.05, 3.63) is 45.9 Å². The van der Waals surface area contributed by atoms with Gasteiger partial charge in [-0.15, -0.1) is 0 Å². The summed E-state index contributed by atoms with van der Waals surface area (Å²) in [6, 6.07) is 8.00. The molecule has 1 amide bonds. The molecule has 0 atom stereocenters. The fourth-order valence-electron chi connectivity index (χ4n) is 2.68. The average Bonchev–Trinajstić information content (AvgIpc) is 2.72. The van der Waals surface area contributed by atoms with Crippen molar-refractivity contribution in [2.24, 2.45) is 0 Å². The molecule has 0 heterocycles.